The number of rotatable bonds is 7. The molecular weight excluding hydrogens is 667 g/mol. The van der Waals surface area contributed by atoms with Crippen molar-refractivity contribution in [2.24, 2.45) is 0 Å². The predicted octanol–water partition coefficient (Wildman–Crippen LogP) is 8.71. The Hall–Kier alpha value is -4.03. The zero-order chi connectivity index (χ0) is 38.3. The first kappa shape index (κ1) is 39.7. The third kappa shape index (κ3) is 9.07. The van der Waals surface area contributed by atoms with Crippen LogP contribution in [-0.2, 0) is 20.8 Å². The summed E-state index contributed by atoms with van der Waals surface area (Å²) in [6.07, 6.45) is 0.886. The molecule has 1 aliphatic rings. The molecule has 12 heteroatoms. The van der Waals surface area contributed by atoms with Crippen LogP contribution in [-0.4, -0.2) is 85.9 Å². The van der Waals surface area contributed by atoms with Crippen molar-refractivity contribution in [1.29, 1.82) is 0 Å². The van der Waals surface area contributed by atoms with Gasteiger partial charge in [-0.05, 0) is 96.4 Å². The molecule has 0 radical (unpaired) electrons. The predicted molar refractivity (Wildman–Crippen MR) is 201 cm³/mol. The number of hydrogen-bond acceptors (Lipinski definition) is 9. The van der Waals surface area contributed by atoms with Crippen LogP contribution in [0.25, 0.3) is 10.9 Å². The topological polar surface area (TPSA) is 109 Å². The average molecular weight is 724 g/mol. The van der Waals surface area contributed by atoms with Gasteiger partial charge in [-0.3, -0.25) is 9.47 Å². The van der Waals surface area contributed by atoms with E-state index in [1.165, 1.54) is 7.11 Å². The highest BCUT2D eigenvalue weighted by molar-refractivity contribution is 6.74. The van der Waals surface area contributed by atoms with E-state index < -0.39 is 37.7 Å². The number of benzene rings is 2. The largest absolute Gasteiger partial charge is 0.543 e. The fraction of sp³-hybridized carbons (Fsp3) is 0.564. The number of amides is 1. The number of aromatic nitrogens is 1. The van der Waals surface area contributed by atoms with E-state index in [0.29, 0.717) is 43.2 Å². The van der Waals surface area contributed by atoms with Crippen LogP contribution in [0.15, 0.2) is 36.5 Å². The summed E-state index contributed by atoms with van der Waals surface area (Å²) in [6, 6.07) is 8.93. The summed E-state index contributed by atoms with van der Waals surface area (Å²) < 4.78 is 31.1. The van der Waals surface area contributed by atoms with Crippen LogP contribution < -0.4 is 9.16 Å². The van der Waals surface area contributed by atoms with Crippen LogP contribution in [0.1, 0.15) is 95.4 Å². The van der Waals surface area contributed by atoms with Crippen LogP contribution in [0.3, 0.4) is 0 Å². The second kappa shape index (κ2) is 14.5. The standard InChI is InChI=1S/C39H57N3O8Si/c1-25-21-31(46-11)29(27-17-18-42(33(25)27)36(45)49-38(5,6)7)23-40-19-20-41(35(44)48-37(2,3)4)24-30(40)28-16-15-26(34(43)47-12)22-32(28)50-51(13,14)39(8,9)10/h15-18,21-22,30H,19-20,23-24H2,1-14H3. The van der Waals surface area contributed by atoms with Crippen LogP contribution >= 0.6 is 0 Å². The van der Waals surface area contributed by atoms with Gasteiger partial charge in [0.25, 0.3) is 0 Å². The molecule has 0 N–H and O–H groups in total. The molecule has 51 heavy (non-hydrogen) atoms. The molecule has 3 aromatic rings. The Labute approximate surface area is 304 Å². The van der Waals surface area contributed by atoms with Crippen molar-refractivity contribution in [1.82, 2.24) is 14.4 Å². The van der Waals surface area contributed by atoms with Gasteiger partial charge >= 0.3 is 18.2 Å². The molecule has 0 aliphatic carbocycles. The summed E-state index contributed by atoms with van der Waals surface area (Å²) >= 11 is 0. The maximum Gasteiger partial charge on any atom is 0.419 e. The van der Waals surface area contributed by atoms with Gasteiger partial charge in [0.1, 0.15) is 22.7 Å². The van der Waals surface area contributed by atoms with Gasteiger partial charge in [0.15, 0.2) is 0 Å². The van der Waals surface area contributed by atoms with Crippen molar-refractivity contribution in [3.05, 3.63) is 58.8 Å². The van der Waals surface area contributed by atoms with E-state index >= 15 is 0 Å². The minimum Gasteiger partial charge on any atom is -0.543 e. The number of ether oxygens (including phenoxy) is 4. The SMILES string of the molecule is COC(=O)c1ccc(C2CN(C(=O)OC(C)(C)C)CCN2Cc2c(OC)cc(C)c3c2ccn3C(=O)OC(C)(C)C)c(O[Si](C)(C)C(C)(C)C)c1. The number of methoxy groups -OCH3 is 2. The van der Waals surface area contributed by atoms with Gasteiger partial charge in [0.2, 0.25) is 8.32 Å². The quantitative estimate of drug-likeness (QED) is 0.134. The number of piperazine rings is 1. The van der Waals surface area contributed by atoms with E-state index in [4.69, 9.17) is 23.4 Å². The lowest BCUT2D eigenvalue weighted by Crippen LogP contribution is -2.51. The minimum absolute atomic E-state index is 0.123. The van der Waals surface area contributed by atoms with Crippen molar-refractivity contribution < 1.29 is 37.8 Å². The first-order valence-corrected chi connectivity index (χ1v) is 20.4. The van der Waals surface area contributed by atoms with E-state index in [2.05, 4.69) is 38.8 Å². The Morgan fingerprint density at radius 3 is 2.04 bits per heavy atom. The zero-order valence-electron chi connectivity index (χ0n) is 33.0. The number of fused-ring (bicyclic) bond motifs is 1. The van der Waals surface area contributed by atoms with Gasteiger partial charge in [-0.2, -0.15) is 0 Å². The highest BCUT2D eigenvalue weighted by Crippen LogP contribution is 2.42. The van der Waals surface area contributed by atoms with Crippen molar-refractivity contribution in [2.75, 3.05) is 33.9 Å². The Morgan fingerprint density at radius 2 is 1.47 bits per heavy atom. The molecule has 0 bridgehead atoms. The van der Waals surface area contributed by atoms with Crippen molar-refractivity contribution in [2.45, 2.75) is 111 Å². The first-order valence-electron chi connectivity index (χ1n) is 17.5. The first-order chi connectivity index (χ1) is 23.5. The Kier molecular flexibility index (Phi) is 11.3. The van der Waals surface area contributed by atoms with Crippen LogP contribution in [0, 0.1) is 6.92 Å². The molecule has 1 amide bonds. The van der Waals surface area contributed by atoms with Gasteiger partial charge in [0.05, 0.1) is 31.3 Å². The van der Waals surface area contributed by atoms with E-state index in [9.17, 15) is 14.4 Å². The molecule has 1 aliphatic heterocycles. The Bertz CT molecular complexity index is 1780. The fourth-order valence-electron chi connectivity index (χ4n) is 5.94. The lowest BCUT2D eigenvalue weighted by Gasteiger charge is -2.43. The summed E-state index contributed by atoms with van der Waals surface area (Å²) in [5.41, 5.74) is 2.41. The minimum atomic E-state index is -2.40. The van der Waals surface area contributed by atoms with Gasteiger partial charge in [-0.25, -0.2) is 14.4 Å². The van der Waals surface area contributed by atoms with Gasteiger partial charge in [-0.1, -0.05) is 26.8 Å². The van der Waals surface area contributed by atoms with Crippen LogP contribution in [0.2, 0.25) is 18.1 Å². The lowest BCUT2D eigenvalue weighted by molar-refractivity contribution is 0.00176. The number of nitrogens with zero attached hydrogens (tertiary/aromatic N) is 3. The third-order valence-corrected chi connectivity index (χ3v) is 13.9. The van der Waals surface area contributed by atoms with Crippen molar-refractivity contribution >= 4 is 37.4 Å². The summed E-state index contributed by atoms with van der Waals surface area (Å²) in [4.78, 5) is 43.6. The molecule has 1 unspecified atom stereocenters. The lowest BCUT2D eigenvalue weighted by atomic mass is 9.97. The van der Waals surface area contributed by atoms with Gasteiger partial charge < -0.3 is 28.3 Å². The molecule has 1 fully saturated rings. The molecule has 0 spiro atoms. The number of carbonyl (C=O) groups is 3. The van der Waals surface area contributed by atoms with Crippen molar-refractivity contribution in [3.8, 4) is 11.5 Å². The Balaban J connectivity index is 1.88. The molecular formula is C39H57N3O8Si. The summed E-state index contributed by atoms with van der Waals surface area (Å²) in [6.45, 7) is 25.6. The second-order valence-electron chi connectivity index (χ2n) is 16.8. The molecule has 1 saturated heterocycles. The molecule has 0 saturated carbocycles. The number of aryl methyl sites for hydroxylation is 1. The highest BCUT2D eigenvalue weighted by Gasteiger charge is 2.41. The molecule has 2 aromatic carbocycles. The van der Waals surface area contributed by atoms with E-state index in [1.54, 1.807) is 34.9 Å². The van der Waals surface area contributed by atoms with E-state index in [1.807, 2.05) is 66.7 Å². The van der Waals surface area contributed by atoms with Crippen LogP contribution in [0.5, 0.6) is 11.5 Å². The van der Waals surface area contributed by atoms with E-state index in [-0.39, 0.29) is 11.1 Å². The third-order valence-electron chi connectivity index (χ3n) is 9.51. The maximum absolute atomic E-state index is 13.5. The molecule has 4 rings (SSSR count). The second-order valence-corrected chi connectivity index (χ2v) is 21.5. The monoisotopic (exact) mass is 723 g/mol. The normalized spacial score (nSPS) is 16.2. The van der Waals surface area contributed by atoms with Crippen LogP contribution in [0.4, 0.5) is 9.59 Å². The number of hydrogen-bond donors (Lipinski definition) is 0. The molecule has 1 aromatic heterocycles. The molecule has 2 heterocycles. The summed E-state index contributed by atoms with van der Waals surface area (Å²) in [7, 11) is 0.601. The molecule has 11 nitrogen and oxygen atoms in total. The Morgan fingerprint density at radius 1 is 0.843 bits per heavy atom. The maximum atomic E-state index is 13.5. The summed E-state index contributed by atoms with van der Waals surface area (Å²) in [5, 5.41) is 0.743. The molecule has 280 valence electrons. The average Bonchev–Trinajstić information content (AvgIpc) is 3.46. The van der Waals surface area contributed by atoms with E-state index in [0.717, 1.165) is 27.6 Å². The number of esters is 1. The fourth-order valence-corrected chi connectivity index (χ4v) is 6.98. The number of carbonyl (C=O) groups excluding carboxylic acids is 3. The van der Waals surface area contributed by atoms with Crippen molar-refractivity contribution in [3.63, 3.8) is 0 Å². The molecule has 1 atom stereocenters. The van der Waals surface area contributed by atoms with Gasteiger partial charge in [0, 0.05) is 48.9 Å². The smallest absolute Gasteiger partial charge is 0.419 e. The van der Waals surface area contributed by atoms with Gasteiger partial charge in [-0.15, -0.1) is 0 Å². The zero-order valence-corrected chi connectivity index (χ0v) is 34.0. The summed E-state index contributed by atoms with van der Waals surface area (Å²) in [5.74, 6) is 0.815. The highest BCUT2D eigenvalue weighted by atomic mass is 28.4.